The van der Waals surface area contributed by atoms with Crippen molar-refractivity contribution >= 4 is 11.5 Å². The summed E-state index contributed by atoms with van der Waals surface area (Å²) in [7, 11) is 0. The second kappa shape index (κ2) is 5.56. The van der Waals surface area contributed by atoms with E-state index in [1.54, 1.807) is 6.20 Å². The molecular weight excluding hydrogens is 190 g/mol. The van der Waals surface area contributed by atoms with E-state index in [0.29, 0.717) is 12.2 Å². The van der Waals surface area contributed by atoms with Gasteiger partial charge in [0.25, 0.3) is 0 Å². The number of ether oxygens (including phenoxy) is 1. The zero-order valence-corrected chi connectivity index (χ0v) is 9.58. The SMILES string of the molecule is CCOC(C)CNc1nccc(C)c1N. The zero-order valence-electron chi connectivity index (χ0n) is 9.58. The van der Waals surface area contributed by atoms with Crippen molar-refractivity contribution in [1.82, 2.24) is 4.98 Å². The number of aromatic nitrogens is 1. The number of rotatable bonds is 5. The molecule has 0 fully saturated rings. The van der Waals surface area contributed by atoms with Crippen LogP contribution in [0.5, 0.6) is 0 Å². The fourth-order valence-corrected chi connectivity index (χ4v) is 1.29. The minimum Gasteiger partial charge on any atom is -0.396 e. The number of nitrogens with zero attached hydrogens (tertiary/aromatic N) is 1. The Labute approximate surface area is 90.8 Å². The lowest BCUT2D eigenvalue weighted by Crippen LogP contribution is -2.20. The summed E-state index contributed by atoms with van der Waals surface area (Å²) in [6.07, 6.45) is 1.91. The highest BCUT2D eigenvalue weighted by Gasteiger charge is 2.05. The van der Waals surface area contributed by atoms with Crippen molar-refractivity contribution < 1.29 is 4.74 Å². The van der Waals surface area contributed by atoms with Crippen molar-refractivity contribution in [2.75, 3.05) is 24.2 Å². The molecule has 84 valence electrons. The molecule has 1 rings (SSSR count). The highest BCUT2D eigenvalue weighted by Crippen LogP contribution is 2.18. The van der Waals surface area contributed by atoms with Crippen LogP contribution in [0.4, 0.5) is 11.5 Å². The van der Waals surface area contributed by atoms with Crippen LogP contribution in [0, 0.1) is 6.92 Å². The second-order valence-corrected chi connectivity index (χ2v) is 3.54. The van der Waals surface area contributed by atoms with Gasteiger partial charge in [0.1, 0.15) is 5.82 Å². The second-order valence-electron chi connectivity index (χ2n) is 3.54. The summed E-state index contributed by atoms with van der Waals surface area (Å²) < 4.78 is 5.40. The van der Waals surface area contributed by atoms with Gasteiger partial charge in [0.2, 0.25) is 0 Å². The molecule has 0 bridgehead atoms. The van der Waals surface area contributed by atoms with Crippen LogP contribution in [-0.4, -0.2) is 24.2 Å². The Hall–Kier alpha value is -1.29. The van der Waals surface area contributed by atoms with Crippen molar-refractivity contribution in [3.63, 3.8) is 0 Å². The molecule has 4 heteroatoms. The molecular formula is C11H19N3O. The maximum absolute atomic E-state index is 5.88. The Morgan fingerprint density at radius 1 is 1.60 bits per heavy atom. The molecule has 0 aliphatic heterocycles. The number of hydrogen-bond donors (Lipinski definition) is 2. The van der Waals surface area contributed by atoms with Gasteiger partial charge in [-0.2, -0.15) is 0 Å². The largest absolute Gasteiger partial charge is 0.396 e. The quantitative estimate of drug-likeness (QED) is 0.776. The van der Waals surface area contributed by atoms with Gasteiger partial charge in [-0.15, -0.1) is 0 Å². The van der Waals surface area contributed by atoms with Crippen LogP contribution in [0.15, 0.2) is 12.3 Å². The number of nitrogens with one attached hydrogen (secondary N) is 1. The minimum atomic E-state index is 0.164. The third-order valence-electron chi connectivity index (χ3n) is 2.22. The van der Waals surface area contributed by atoms with E-state index in [2.05, 4.69) is 10.3 Å². The average molecular weight is 209 g/mol. The maximum atomic E-state index is 5.88. The highest BCUT2D eigenvalue weighted by molar-refractivity contribution is 5.64. The van der Waals surface area contributed by atoms with Crippen molar-refractivity contribution in [3.05, 3.63) is 17.8 Å². The monoisotopic (exact) mass is 209 g/mol. The number of hydrogen-bond acceptors (Lipinski definition) is 4. The molecule has 0 saturated heterocycles. The van der Waals surface area contributed by atoms with Crippen LogP contribution in [0.25, 0.3) is 0 Å². The molecule has 1 aromatic rings. The Kier molecular flexibility index (Phi) is 4.37. The molecule has 0 aromatic carbocycles. The van der Waals surface area contributed by atoms with E-state index in [1.807, 2.05) is 26.8 Å². The van der Waals surface area contributed by atoms with Gasteiger partial charge < -0.3 is 15.8 Å². The Morgan fingerprint density at radius 2 is 2.33 bits per heavy atom. The van der Waals surface area contributed by atoms with Gasteiger partial charge in [-0.05, 0) is 32.4 Å². The number of nitrogen functional groups attached to an aromatic ring is 1. The fourth-order valence-electron chi connectivity index (χ4n) is 1.29. The molecule has 0 amide bonds. The fraction of sp³-hybridized carbons (Fsp3) is 0.545. The maximum Gasteiger partial charge on any atom is 0.149 e. The van der Waals surface area contributed by atoms with E-state index in [1.165, 1.54) is 0 Å². The first-order chi connectivity index (χ1) is 7.15. The summed E-state index contributed by atoms with van der Waals surface area (Å²) in [4.78, 5) is 4.18. The van der Waals surface area contributed by atoms with Crippen LogP contribution < -0.4 is 11.1 Å². The summed E-state index contributed by atoms with van der Waals surface area (Å²) >= 11 is 0. The molecule has 4 nitrogen and oxygen atoms in total. The van der Waals surface area contributed by atoms with Gasteiger partial charge in [0.05, 0.1) is 11.8 Å². The molecule has 0 aliphatic carbocycles. The lowest BCUT2D eigenvalue weighted by molar-refractivity contribution is 0.0855. The lowest BCUT2D eigenvalue weighted by Gasteiger charge is -2.14. The first-order valence-corrected chi connectivity index (χ1v) is 5.21. The van der Waals surface area contributed by atoms with Crippen molar-refractivity contribution in [1.29, 1.82) is 0 Å². The first kappa shape index (κ1) is 11.8. The molecule has 1 aromatic heterocycles. The van der Waals surface area contributed by atoms with Gasteiger partial charge in [-0.3, -0.25) is 0 Å². The smallest absolute Gasteiger partial charge is 0.149 e. The van der Waals surface area contributed by atoms with Gasteiger partial charge in [-0.1, -0.05) is 0 Å². The van der Waals surface area contributed by atoms with Crippen LogP contribution >= 0.6 is 0 Å². The highest BCUT2D eigenvalue weighted by atomic mass is 16.5. The summed E-state index contributed by atoms with van der Waals surface area (Å²) in [5, 5.41) is 3.18. The molecule has 0 radical (unpaired) electrons. The lowest BCUT2D eigenvalue weighted by atomic mass is 10.2. The topological polar surface area (TPSA) is 60.2 Å². The van der Waals surface area contributed by atoms with Crippen molar-refractivity contribution in [2.24, 2.45) is 0 Å². The standard InChI is InChI=1S/C11H19N3O/c1-4-15-9(3)7-14-11-10(12)8(2)5-6-13-11/h5-6,9H,4,7,12H2,1-3H3,(H,13,14). The van der Waals surface area contributed by atoms with Crippen LogP contribution in [0.2, 0.25) is 0 Å². The predicted octanol–water partition coefficient (Wildman–Crippen LogP) is 1.81. The van der Waals surface area contributed by atoms with E-state index >= 15 is 0 Å². The molecule has 15 heavy (non-hydrogen) atoms. The zero-order chi connectivity index (χ0) is 11.3. The predicted molar refractivity (Wildman–Crippen MR) is 63.0 cm³/mol. The molecule has 0 aliphatic rings. The van der Waals surface area contributed by atoms with Gasteiger partial charge >= 0.3 is 0 Å². The molecule has 1 heterocycles. The summed E-state index contributed by atoms with van der Waals surface area (Å²) in [5.74, 6) is 0.738. The Bertz CT molecular complexity index is 315. The first-order valence-electron chi connectivity index (χ1n) is 5.21. The average Bonchev–Trinajstić information content (AvgIpc) is 2.21. The number of aryl methyl sites for hydroxylation is 1. The molecule has 3 N–H and O–H groups in total. The molecule has 0 spiro atoms. The third-order valence-corrected chi connectivity index (χ3v) is 2.22. The van der Waals surface area contributed by atoms with Crippen molar-refractivity contribution in [3.8, 4) is 0 Å². The number of pyridine rings is 1. The molecule has 0 saturated carbocycles. The van der Waals surface area contributed by atoms with Gasteiger partial charge in [-0.25, -0.2) is 4.98 Å². The molecule has 1 unspecified atom stereocenters. The van der Waals surface area contributed by atoms with E-state index in [0.717, 1.165) is 18.0 Å². The van der Waals surface area contributed by atoms with Crippen LogP contribution in [-0.2, 0) is 4.74 Å². The molecule has 1 atom stereocenters. The summed E-state index contributed by atoms with van der Waals surface area (Å²) in [6.45, 7) is 7.40. The number of nitrogens with two attached hydrogens (primary N) is 1. The van der Waals surface area contributed by atoms with Crippen LogP contribution in [0.3, 0.4) is 0 Å². The minimum absolute atomic E-state index is 0.164. The van der Waals surface area contributed by atoms with E-state index < -0.39 is 0 Å². The Morgan fingerprint density at radius 3 is 3.00 bits per heavy atom. The van der Waals surface area contributed by atoms with Crippen LogP contribution in [0.1, 0.15) is 19.4 Å². The summed E-state index contributed by atoms with van der Waals surface area (Å²) in [6, 6.07) is 1.90. The van der Waals surface area contributed by atoms with E-state index in [9.17, 15) is 0 Å². The Balaban J connectivity index is 2.54. The van der Waals surface area contributed by atoms with Gasteiger partial charge in [0, 0.05) is 19.3 Å². The number of anilines is 2. The van der Waals surface area contributed by atoms with E-state index in [4.69, 9.17) is 10.5 Å². The third kappa shape index (κ3) is 3.40. The van der Waals surface area contributed by atoms with E-state index in [-0.39, 0.29) is 6.10 Å². The van der Waals surface area contributed by atoms with Crippen molar-refractivity contribution in [2.45, 2.75) is 26.9 Å². The summed E-state index contributed by atoms with van der Waals surface area (Å²) in [5.41, 5.74) is 7.62. The van der Waals surface area contributed by atoms with Gasteiger partial charge in [0.15, 0.2) is 0 Å². The normalized spacial score (nSPS) is 12.5.